The molecule has 0 aromatic heterocycles. The SMILES string of the molecule is CCC1CCC(c2ccc(S(F)(F)(F)(F)F)cc2)CC1. The summed E-state index contributed by atoms with van der Waals surface area (Å²) in [5.74, 6) is 0.889. The number of benzene rings is 1. The van der Waals surface area contributed by atoms with Gasteiger partial charge in [-0.15, -0.1) is 0 Å². The minimum absolute atomic E-state index is 0.199. The van der Waals surface area contributed by atoms with E-state index in [-0.39, 0.29) is 5.92 Å². The van der Waals surface area contributed by atoms with E-state index in [0.29, 0.717) is 18.1 Å². The van der Waals surface area contributed by atoms with Gasteiger partial charge in [-0.1, -0.05) is 44.9 Å². The lowest BCUT2D eigenvalue weighted by Gasteiger charge is -2.40. The van der Waals surface area contributed by atoms with E-state index in [0.717, 1.165) is 37.7 Å². The number of rotatable bonds is 3. The Morgan fingerprint density at radius 1 is 0.900 bits per heavy atom. The molecule has 2 rings (SSSR count). The molecule has 1 aromatic rings. The first-order valence-corrected chi connectivity index (χ1v) is 8.79. The van der Waals surface area contributed by atoms with Crippen LogP contribution in [0.1, 0.15) is 50.5 Å². The summed E-state index contributed by atoms with van der Waals surface area (Å²) in [5, 5.41) is 0. The minimum atomic E-state index is -9.53. The average Bonchev–Trinajstić information content (AvgIpc) is 2.36. The van der Waals surface area contributed by atoms with Crippen LogP contribution in [0.15, 0.2) is 29.2 Å². The number of hydrogen-bond donors (Lipinski definition) is 0. The van der Waals surface area contributed by atoms with Gasteiger partial charge >= 0.3 is 10.2 Å². The third kappa shape index (κ3) is 3.65. The number of halogens is 5. The zero-order valence-corrected chi connectivity index (χ0v) is 12.1. The van der Waals surface area contributed by atoms with Crippen molar-refractivity contribution < 1.29 is 19.4 Å². The molecule has 1 saturated carbocycles. The van der Waals surface area contributed by atoms with Crippen molar-refractivity contribution in [1.29, 1.82) is 0 Å². The monoisotopic (exact) mass is 314 g/mol. The summed E-state index contributed by atoms with van der Waals surface area (Å²) >= 11 is 0. The topological polar surface area (TPSA) is 0 Å². The summed E-state index contributed by atoms with van der Waals surface area (Å²) in [6.45, 7) is 2.13. The summed E-state index contributed by atoms with van der Waals surface area (Å²) in [6, 6.07) is 3.49. The quantitative estimate of drug-likeness (QED) is 0.525. The Morgan fingerprint density at radius 3 is 1.80 bits per heavy atom. The second-order valence-corrected chi connectivity index (χ2v) is 8.07. The van der Waals surface area contributed by atoms with Crippen LogP contribution in [-0.4, -0.2) is 0 Å². The van der Waals surface area contributed by atoms with E-state index < -0.39 is 15.1 Å². The molecule has 1 aromatic carbocycles. The van der Waals surface area contributed by atoms with E-state index in [1.54, 1.807) is 0 Å². The molecule has 0 radical (unpaired) electrons. The van der Waals surface area contributed by atoms with Gasteiger partial charge in [-0.05, 0) is 55.2 Å². The van der Waals surface area contributed by atoms with Crippen molar-refractivity contribution in [2.24, 2.45) is 5.92 Å². The van der Waals surface area contributed by atoms with Crippen molar-refractivity contribution in [3.8, 4) is 0 Å². The van der Waals surface area contributed by atoms with Crippen molar-refractivity contribution in [2.75, 3.05) is 0 Å². The average molecular weight is 314 g/mol. The van der Waals surface area contributed by atoms with Crippen LogP contribution < -0.4 is 0 Å². The van der Waals surface area contributed by atoms with Crippen molar-refractivity contribution in [2.45, 2.75) is 49.8 Å². The van der Waals surface area contributed by atoms with E-state index in [4.69, 9.17) is 0 Å². The zero-order chi connectivity index (χ0) is 15.1. The highest BCUT2D eigenvalue weighted by molar-refractivity contribution is 8.45. The molecule has 0 unspecified atom stereocenters. The van der Waals surface area contributed by atoms with Gasteiger partial charge in [-0.2, -0.15) is 0 Å². The van der Waals surface area contributed by atoms with Gasteiger partial charge in [0.1, 0.15) is 4.90 Å². The van der Waals surface area contributed by atoms with Gasteiger partial charge in [0.2, 0.25) is 0 Å². The summed E-state index contributed by atoms with van der Waals surface area (Å²) in [4.78, 5) is -1.80. The van der Waals surface area contributed by atoms with Crippen molar-refractivity contribution in [3.05, 3.63) is 29.8 Å². The van der Waals surface area contributed by atoms with Crippen molar-refractivity contribution in [3.63, 3.8) is 0 Å². The Morgan fingerprint density at radius 2 is 1.40 bits per heavy atom. The maximum atomic E-state index is 12.6. The highest BCUT2D eigenvalue weighted by atomic mass is 32.5. The second kappa shape index (κ2) is 4.36. The van der Waals surface area contributed by atoms with E-state index in [1.165, 1.54) is 12.1 Å². The van der Waals surface area contributed by atoms with E-state index >= 15 is 0 Å². The van der Waals surface area contributed by atoms with Crippen LogP contribution in [0.25, 0.3) is 0 Å². The predicted molar refractivity (Wildman–Crippen MR) is 72.8 cm³/mol. The molecule has 1 aliphatic carbocycles. The highest BCUT2D eigenvalue weighted by Crippen LogP contribution is 3.02. The Labute approximate surface area is 116 Å². The highest BCUT2D eigenvalue weighted by Gasteiger charge is 2.65. The first kappa shape index (κ1) is 15.6. The standard InChI is InChI=1S/C14H19F5S/c1-2-11-3-5-12(6-4-11)13-7-9-14(10-8-13)20(15,16,17,18)19/h7-12H,2-6H2,1H3. The zero-order valence-electron chi connectivity index (χ0n) is 11.3. The maximum absolute atomic E-state index is 12.6. The Bertz CT molecular complexity index is 468. The van der Waals surface area contributed by atoms with Crippen LogP contribution in [-0.2, 0) is 0 Å². The Hall–Kier alpha value is -0.780. The molecule has 116 valence electrons. The van der Waals surface area contributed by atoms with Gasteiger partial charge in [0.05, 0.1) is 0 Å². The third-order valence-electron chi connectivity index (χ3n) is 4.22. The lowest BCUT2D eigenvalue weighted by atomic mass is 9.78. The first-order valence-electron chi connectivity index (χ1n) is 6.83. The smallest absolute Gasteiger partial charge is 0.0936 e. The largest absolute Gasteiger partial charge is 0.310 e. The van der Waals surface area contributed by atoms with Gasteiger partial charge < -0.3 is 0 Å². The van der Waals surface area contributed by atoms with Gasteiger partial charge in [0.15, 0.2) is 0 Å². The lowest BCUT2D eigenvalue weighted by molar-refractivity contribution is 0.318. The Balaban J connectivity index is 2.15. The third-order valence-corrected chi connectivity index (χ3v) is 5.38. The first-order chi connectivity index (χ1) is 8.99. The van der Waals surface area contributed by atoms with E-state index in [9.17, 15) is 19.4 Å². The molecule has 0 saturated heterocycles. The molecule has 1 fully saturated rings. The van der Waals surface area contributed by atoms with Crippen LogP contribution in [0.2, 0.25) is 0 Å². The van der Waals surface area contributed by atoms with Gasteiger partial charge in [-0.25, -0.2) is 0 Å². The van der Waals surface area contributed by atoms with Gasteiger partial charge in [-0.3, -0.25) is 0 Å². The van der Waals surface area contributed by atoms with Crippen LogP contribution in [0.3, 0.4) is 0 Å². The summed E-state index contributed by atoms with van der Waals surface area (Å²) in [5.41, 5.74) is 0.741. The molecule has 0 atom stereocenters. The molecule has 0 N–H and O–H groups in total. The molecule has 20 heavy (non-hydrogen) atoms. The molecule has 0 bridgehead atoms. The molecule has 0 amide bonds. The molecular formula is C14H19F5S. The molecule has 0 spiro atoms. The molecule has 0 heterocycles. The predicted octanol–water partition coefficient (Wildman–Crippen LogP) is 7.03. The molecular weight excluding hydrogens is 295 g/mol. The van der Waals surface area contributed by atoms with E-state index in [2.05, 4.69) is 6.92 Å². The fraction of sp³-hybridized carbons (Fsp3) is 0.571. The van der Waals surface area contributed by atoms with Crippen molar-refractivity contribution in [1.82, 2.24) is 0 Å². The van der Waals surface area contributed by atoms with E-state index in [1.807, 2.05) is 0 Å². The molecule has 0 nitrogen and oxygen atoms in total. The second-order valence-electron chi connectivity index (χ2n) is 5.66. The summed E-state index contributed by atoms with van der Waals surface area (Å²) in [7, 11) is -9.53. The lowest BCUT2D eigenvalue weighted by Crippen LogP contribution is -2.13. The summed E-state index contributed by atoms with van der Waals surface area (Å²) in [6.07, 6.45) is 5.09. The molecule has 0 aliphatic heterocycles. The fourth-order valence-electron chi connectivity index (χ4n) is 2.90. The molecule has 1 aliphatic rings. The Kier molecular flexibility index (Phi) is 3.40. The summed E-state index contributed by atoms with van der Waals surface area (Å²) < 4.78 is 63.1. The normalized spacial score (nSPS) is 27.7. The van der Waals surface area contributed by atoms with Crippen LogP contribution in [0, 0.1) is 5.92 Å². The van der Waals surface area contributed by atoms with Crippen LogP contribution in [0.4, 0.5) is 19.4 Å². The maximum Gasteiger partial charge on any atom is 0.310 e. The number of hydrogen-bond acceptors (Lipinski definition) is 0. The minimum Gasteiger partial charge on any atom is -0.0936 e. The van der Waals surface area contributed by atoms with Crippen molar-refractivity contribution >= 4 is 10.2 Å². The van der Waals surface area contributed by atoms with Gasteiger partial charge in [0.25, 0.3) is 0 Å². The molecule has 6 heteroatoms. The van der Waals surface area contributed by atoms with Crippen LogP contribution in [0.5, 0.6) is 0 Å². The fourth-order valence-corrected chi connectivity index (χ4v) is 3.55. The van der Waals surface area contributed by atoms with Gasteiger partial charge in [0, 0.05) is 0 Å². The van der Waals surface area contributed by atoms with Crippen LogP contribution >= 0.6 is 10.2 Å².